The molecule has 0 N–H and O–H groups in total. The first-order chi connectivity index (χ1) is 19.6. The van der Waals surface area contributed by atoms with Crippen molar-refractivity contribution in [2.24, 2.45) is 5.41 Å². The number of carbonyl (C=O) groups is 2. The fourth-order valence-electron chi connectivity index (χ4n) is 8.52. The lowest BCUT2D eigenvalue weighted by Crippen LogP contribution is -2.65. The Morgan fingerprint density at radius 1 is 0.850 bits per heavy atom. The van der Waals surface area contributed by atoms with E-state index in [0.29, 0.717) is 13.1 Å². The largest absolute Gasteiger partial charge is 0.301 e. The van der Waals surface area contributed by atoms with Crippen LogP contribution in [0.5, 0.6) is 0 Å². The molecule has 2 spiro atoms. The van der Waals surface area contributed by atoms with E-state index in [4.69, 9.17) is 0 Å². The Labute approximate surface area is 238 Å². The molecule has 1 unspecified atom stereocenters. The number of piperidine rings is 1. The lowest BCUT2D eigenvalue weighted by Gasteiger charge is -2.51. The van der Waals surface area contributed by atoms with Crippen LogP contribution in [0.15, 0.2) is 103 Å². The number of thioether (sulfide) groups is 1. The number of fused-ring (bicyclic) bond motifs is 4. The number of hydrogen-bond donors (Lipinski definition) is 0. The van der Waals surface area contributed by atoms with Crippen molar-refractivity contribution >= 4 is 40.2 Å². The molecule has 8 rings (SSSR count). The normalized spacial score (nSPS) is 30.8. The second-order valence-electron chi connectivity index (χ2n) is 11.7. The summed E-state index contributed by atoms with van der Waals surface area (Å²) in [5.74, 6) is 1.73. The minimum atomic E-state index is -1.06. The van der Waals surface area contributed by atoms with Gasteiger partial charge in [-0.05, 0) is 40.6 Å². The average Bonchev–Trinajstić information content (AvgIpc) is 3.61. The smallest absolute Gasteiger partial charge is 0.189 e. The van der Waals surface area contributed by atoms with Gasteiger partial charge in [0.25, 0.3) is 0 Å². The second kappa shape index (κ2) is 8.74. The molecule has 0 radical (unpaired) electrons. The predicted molar refractivity (Wildman–Crippen MR) is 161 cm³/mol. The van der Waals surface area contributed by atoms with Gasteiger partial charge in [0.05, 0.1) is 5.41 Å². The number of Topliss-reactive ketones (excluding diaryl/α,β-unsaturated/α-hetero) is 2. The Kier molecular flexibility index (Phi) is 5.31. The minimum absolute atomic E-state index is 0.0781. The molecule has 3 saturated heterocycles. The van der Waals surface area contributed by atoms with Crippen molar-refractivity contribution in [1.82, 2.24) is 9.80 Å². The van der Waals surface area contributed by atoms with E-state index >= 15 is 9.59 Å². The first kappa shape index (κ1) is 24.3. The zero-order valence-electron chi connectivity index (χ0n) is 22.4. The van der Waals surface area contributed by atoms with E-state index in [0.717, 1.165) is 50.2 Å². The van der Waals surface area contributed by atoms with Gasteiger partial charge >= 0.3 is 0 Å². The molecule has 198 valence electrons. The van der Waals surface area contributed by atoms with Crippen molar-refractivity contribution in [3.63, 3.8) is 0 Å². The predicted octanol–water partition coefficient (Wildman–Crippen LogP) is 5.99. The summed E-state index contributed by atoms with van der Waals surface area (Å²) in [6, 6.07) is 33.1. The molecular formula is C35H30N2O2S. The number of ketones is 2. The number of likely N-dealkylation sites (tertiary alicyclic amines) is 1. The third-order valence-corrected chi connectivity index (χ3v) is 10.8. The van der Waals surface area contributed by atoms with Gasteiger partial charge < -0.3 is 4.90 Å². The van der Waals surface area contributed by atoms with Gasteiger partial charge in [-0.25, -0.2) is 0 Å². The van der Waals surface area contributed by atoms with Crippen LogP contribution >= 0.6 is 11.8 Å². The van der Waals surface area contributed by atoms with E-state index in [1.54, 1.807) is 0 Å². The summed E-state index contributed by atoms with van der Waals surface area (Å²) in [5, 5.41) is 2.09. The fourth-order valence-corrected chi connectivity index (χ4v) is 9.82. The summed E-state index contributed by atoms with van der Waals surface area (Å²) in [7, 11) is 2.11. The lowest BCUT2D eigenvalue weighted by atomic mass is 9.55. The number of rotatable bonds is 2. The quantitative estimate of drug-likeness (QED) is 0.291. The molecule has 0 amide bonds. The zero-order valence-corrected chi connectivity index (χ0v) is 23.2. The Hall–Kier alpha value is -3.51. The molecule has 3 heterocycles. The standard InChI is InChI=1S/C35H30N2O2S/c1-36-19-26(18-23-10-4-2-5-11-23)32(38)34(21-36)31(25-12-6-3-7-13-25)29-20-40-22-37(29)35(34)28-17-9-15-24-14-8-16-27(30(24)28)33(35)39/h2-18,29,31H,19-22H2,1H3/b26-18+/t29-,31-,34?,35-/m0/s1. The molecule has 4 aliphatic rings. The average molecular weight is 543 g/mol. The fraction of sp³-hybridized carbons (Fsp3) is 0.257. The third-order valence-electron chi connectivity index (χ3n) is 9.73. The molecule has 3 aliphatic heterocycles. The summed E-state index contributed by atoms with van der Waals surface area (Å²) >= 11 is 1.88. The molecule has 0 saturated carbocycles. The molecule has 4 atom stereocenters. The van der Waals surface area contributed by atoms with E-state index in [1.165, 1.54) is 0 Å². The Bertz CT molecular complexity index is 1710. The van der Waals surface area contributed by atoms with Gasteiger partial charge in [0.1, 0.15) is 5.54 Å². The van der Waals surface area contributed by atoms with Crippen LogP contribution in [0.1, 0.15) is 33.0 Å². The highest BCUT2D eigenvalue weighted by Gasteiger charge is 2.78. The van der Waals surface area contributed by atoms with Crippen molar-refractivity contribution in [3.05, 3.63) is 125 Å². The molecule has 4 aromatic carbocycles. The summed E-state index contributed by atoms with van der Waals surface area (Å²) in [6.45, 7) is 1.10. The number of carbonyl (C=O) groups excluding carboxylic acids is 2. The molecule has 40 heavy (non-hydrogen) atoms. The van der Waals surface area contributed by atoms with Gasteiger partial charge in [0.15, 0.2) is 11.6 Å². The molecular weight excluding hydrogens is 512 g/mol. The highest BCUT2D eigenvalue weighted by Crippen LogP contribution is 2.69. The maximum absolute atomic E-state index is 15.4. The van der Waals surface area contributed by atoms with E-state index in [9.17, 15) is 0 Å². The van der Waals surface area contributed by atoms with Crippen molar-refractivity contribution in [3.8, 4) is 0 Å². The van der Waals surface area contributed by atoms with Crippen LogP contribution in [0, 0.1) is 5.41 Å². The topological polar surface area (TPSA) is 40.6 Å². The van der Waals surface area contributed by atoms with Crippen molar-refractivity contribution in [2.45, 2.75) is 17.5 Å². The summed E-state index contributed by atoms with van der Waals surface area (Å²) in [6.07, 6.45) is 2.06. The SMILES string of the molecule is CN1C/C(=C\c2ccccc2)C(=O)C2(C1)[C@@H](c1ccccc1)[C@@H]1CSCN1[C@@]21C(=O)c2cccc3cccc1c23. The third kappa shape index (κ3) is 2.95. The molecule has 0 aromatic heterocycles. The molecule has 3 fully saturated rings. The maximum atomic E-state index is 15.4. The highest BCUT2D eigenvalue weighted by molar-refractivity contribution is 7.99. The number of benzene rings is 4. The van der Waals surface area contributed by atoms with E-state index in [2.05, 4.69) is 71.5 Å². The van der Waals surface area contributed by atoms with Crippen molar-refractivity contribution in [2.75, 3.05) is 31.8 Å². The van der Waals surface area contributed by atoms with E-state index in [1.807, 2.05) is 60.3 Å². The Morgan fingerprint density at radius 3 is 2.35 bits per heavy atom. The maximum Gasteiger partial charge on any atom is 0.189 e. The minimum Gasteiger partial charge on any atom is -0.301 e. The molecule has 0 bridgehead atoms. The molecule has 1 aliphatic carbocycles. The van der Waals surface area contributed by atoms with Gasteiger partial charge in [-0.3, -0.25) is 14.5 Å². The summed E-state index contributed by atoms with van der Waals surface area (Å²) in [4.78, 5) is 35.3. The first-order valence-corrected chi connectivity index (χ1v) is 15.2. The van der Waals surface area contributed by atoms with Crippen LogP contribution in [-0.2, 0) is 10.3 Å². The zero-order chi connectivity index (χ0) is 27.1. The number of likely N-dealkylation sites (N-methyl/N-ethyl adjacent to an activating group) is 1. The molecule has 5 heteroatoms. The second-order valence-corrected chi connectivity index (χ2v) is 12.7. The number of nitrogens with zero attached hydrogens (tertiary/aromatic N) is 2. The molecule has 4 aromatic rings. The monoisotopic (exact) mass is 542 g/mol. The van der Waals surface area contributed by atoms with Crippen molar-refractivity contribution < 1.29 is 9.59 Å². The Balaban J connectivity index is 1.47. The van der Waals surface area contributed by atoms with Gasteiger partial charge in [0, 0.05) is 47.8 Å². The van der Waals surface area contributed by atoms with E-state index < -0.39 is 11.0 Å². The van der Waals surface area contributed by atoms with Gasteiger partial charge in [-0.1, -0.05) is 97.1 Å². The molecule has 4 nitrogen and oxygen atoms in total. The summed E-state index contributed by atoms with van der Waals surface area (Å²) in [5.41, 5.74) is 2.68. The van der Waals surface area contributed by atoms with Gasteiger partial charge in [-0.2, -0.15) is 0 Å². The van der Waals surface area contributed by atoms with Crippen LogP contribution in [0.25, 0.3) is 16.8 Å². The van der Waals surface area contributed by atoms with Gasteiger partial charge in [-0.15, -0.1) is 11.8 Å². The Morgan fingerprint density at radius 2 is 1.57 bits per heavy atom. The highest BCUT2D eigenvalue weighted by atomic mass is 32.2. The van der Waals surface area contributed by atoms with Crippen LogP contribution in [0.3, 0.4) is 0 Å². The van der Waals surface area contributed by atoms with Crippen LogP contribution < -0.4 is 0 Å². The van der Waals surface area contributed by atoms with E-state index in [-0.39, 0.29) is 23.5 Å². The summed E-state index contributed by atoms with van der Waals surface area (Å²) < 4.78 is 0. The number of hydrogen-bond acceptors (Lipinski definition) is 5. The van der Waals surface area contributed by atoms with Crippen LogP contribution in [0.2, 0.25) is 0 Å². The van der Waals surface area contributed by atoms with Gasteiger partial charge in [0.2, 0.25) is 0 Å². The van der Waals surface area contributed by atoms with Crippen LogP contribution in [0.4, 0.5) is 0 Å². The van der Waals surface area contributed by atoms with Crippen molar-refractivity contribution in [1.29, 1.82) is 0 Å². The first-order valence-electron chi connectivity index (χ1n) is 14.0. The lowest BCUT2D eigenvalue weighted by molar-refractivity contribution is -0.134. The van der Waals surface area contributed by atoms with Crippen LogP contribution in [-0.4, -0.2) is 59.2 Å².